The van der Waals surface area contributed by atoms with E-state index in [1.54, 1.807) is 22.7 Å². The molecule has 0 spiro atoms. The smallest absolute Gasteiger partial charge is 0.229 e. The molecule has 178 valence electrons. The van der Waals surface area contributed by atoms with E-state index in [9.17, 15) is 4.79 Å². The third-order valence-corrected chi connectivity index (χ3v) is 8.47. The van der Waals surface area contributed by atoms with Gasteiger partial charge >= 0.3 is 0 Å². The van der Waals surface area contributed by atoms with Gasteiger partial charge < -0.3 is 5.32 Å². The second kappa shape index (κ2) is 10.6. The van der Waals surface area contributed by atoms with Crippen molar-refractivity contribution < 1.29 is 4.79 Å². The number of hydrogen-bond acceptors (Lipinski definition) is 5. The Labute approximate surface area is 215 Å². The number of nitrogens with one attached hydrogen (secondary N) is 1. The normalized spacial score (nSPS) is 13.5. The molecular weight excluding hydrogens is 482 g/mol. The van der Waals surface area contributed by atoms with Gasteiger partial charge in [-0.2, -0.15) is 0 Å². The summed E-state index contributed by atoms with van der Waals surface area (Å²) in [5.41, 5.74) is 6.99. The van der Waals surface area contributed by atoms with Crippen LogP contribution in [0.3, 0.4) is 0 Å². The van der Waals surface area contributed by atoms with Gasteiger partial charge in [-0.3, -0.25) is 9.69 Å². The van der Waals surface area contributed by atoms with Gasteiger partial charge in [0.15, 0.2) is 0 Å². The fourth-order valence-corrected chi connectivity index (χ4v) is 7.06. The Balaban J connectivity index is 0.00000274. The van der Waals surface area contributed by atoms with Crippen molar-refractivity contribution in [3.05, 3.63) is 69.6 Å². The Morgan fingerprint density at radius 3 is 2.74 bits per heavy atom. The highest BCUT2D eigenvalue weighted by Gasteiger charge is 2.27. The lowest BCUT2D eigenvalue weighted by Crippen LogP contribution is -2.30. The molecule has 1 N–H and O–H groups in total. The summed E-state index contributed by atoms with van der Waals surface area (Å²) in [6.45, 7) is 9.52. The van der Waals surface area contributed by atoms with Crippen molar-refractivity contribution in [3.8, 4) is 10.6 Å². The van der Waals surface area contributed by atoms with E-state index in [0.29, 0.717) is 6.42 Å². The Bertz CT molecular complexity index is 1290. The number of thiazole rings is 1. The van der Waals surface area contributed by atoms with Gasteiger partial charge in [0, 0.05) is 23.5 Å². The molecule has 1 aliphatic rings. The first-order chi connectivity index (χ1) is 16.0. The number of fused-ring (bicyclic) bond motifs is 2. The van der Waals surface area contributed by atoms with E-state index in [0.717, 1.165) is 64.7 Å². The molecule has 4 aromatic rings. The number of carbonyl (C=O) groups excluding carboxylic acids is 1. The van der Waals surface area contributed by atoms with Crippen molar-refractivity contribution >= 4 is 56.2 Å². The summed E-state index contributed by atoms with van der Waals surface area (Å²) in [6.07, 6.45) is 2.55. The van der Waals surface area contributed by atoms with Crippen LogP contribution in [-0.4, -0.2) is 28.9 Å². The van der Waals surface area contributed by atoms with Crippen LogP contribution in [0, 0.1) is 13.8 Å². The van der Waals surface area contributed by atoms with Gasteiger partial charge in [0.2, 0.25) is 5.91 Å². The van der Waals surface area contributed by atoms with Gasteiger partial charge in [-0.05, 0) is 62.1 Å². The monoisotopic (exact) mass is 511 g/mol. The summed E-state index contributed by atoms with van der Waals surface area (Å²) in [7, 11) is 0. The van der Waals surface area contributed by atoms with E-state index in [1.807, 2.05) is 6.07 Å². The van der Waals surface area contributed by atoms with Crippen molar-refractivity contribution in [2.24, 2.45) is 0 Å². The largest absolute Gasteiger partial charge is 0.317 e. The molecule has 1 amide bonds. The highest BCUT2D eigenvalue weighted by molar-refractivity contribution is 7.22. The summed E-state index contributed by atoms with van der Waals surface area (Å²) in [6, 6.07) is 14.6. The highest BCUT2D eigenvalue weighted by atomic mass is 35.5. The molecule has 0 fully saturated rings. The lowest BCUT2D eigenvalue weighted by atomic mass is 10.0. The lowest BCUT2D eigenvalue weighted by molar-refractivity contribution is -0.115. The molecule has 0 saturated heterocycles. The zero-order valence-electron chi connectivity index (χ0n) is 19.8. The minimum Gasteiger partial charge on any atom is -0.317 e. The maximum absolute atomic E-state index is 13.1. The third kappa shape index (κ3) is 5.05. The summed E-state index contributed by atoms with van der Waals surface area (Å²) < 4.78 is 1.18. The Morgan fingerprint density at radius 1 is 1.15 bits per heavy atom. The fraction of sp³-hybridized carbons (Fsp3) is 0.333. The van der Waals surface area contributed by atoms with Gasteiger partial charge in [0.25, 0.3) is 0 Å². The van der Waals surface area contributed by atoms with Crippen molar-refractivity contribution in [2.75, 3.05) is 18.4 Å². The van der Waals surface area contributed by atoms with Gasteiger partial charge in [0.1, 0.15) is 10.0 Å². The topological polar surface area (TPSA) is 45.2 Å². The van der Waals surface area contributed by atoms with Crippen LogP contribution in [-0.2, 0) is 24.2 Å². The summed E-state index contributed by atoms with van der Waals surface area (Å²) >= 11 is 3.45. The number of amides is 1. The minimum absolute atomic E-state index is 0. The van der Waals surface area contributed by atoms with Gasteiger partial charge in [-0.1, -0.05) is 42.8 Å². The molecule has 2 aromatic heterocycles. The molecule has 7 heteroatoms. The molecule has 0 unspecified atom stereocenters. The molecule has 0 bridgehead atoms. The average Bonchev–Trinajstić information content (AvgIpc) is 3.36. The van der Waals surface area contributed by atoms with Crippen LogP contribution in [0.25, 0.3) is 20.8 Å². The van der Waals surface area contributed by atoms with Crippen LogP contribution in [0.5, 0.6) is 0 Å². The van der Waals surface area contributed by atoms with E-state index >= 15 is 0 Å². The maximum atomic E-state index is 13.1. The molecule has 1 aliphatic heterocycles. The van der Waals surface area contributed by atoms with Crippen LogP contribution < -0.4 is 5.32 Å². The van der Waals surface area contributed by atoms with Crippen LogP contribution in [0.4, 0.5) is 5.00 Å². The third-order valence-electron chi connectivity index (χ3n) is 6.29. The predicted molar refractivity (Wildman–Crippen MR) is 148 cm³/mol. The zero-order chi connectivity index (χ0) is 22.9. The SMILES string of the molecule is CCCN1CCc2c(sc(NC(=O)Cc3ccc(C)cc3C)c2-c2nc3ccccc3s2)C1.Cl. The number of aryl methyl sites for hydroxylation is 2. The molecule has 0 aliphatic carbocycles. The first-order valence-corrected chi connectivity index (χ1v) is 13.2. The number of nitrogens with zero attached hydrogens (tertiary/aromatic N) is 2. The highest BCUT2D eigenvalue weighted by Crippen LogP contribution is 2.45. The molecular formula is C27H30ClN3OS2. The van der Waals surface area contributed by atoms with E-state index < -0.39 is 0 Å². The first-order valence-electron chi connectivity index (χ1n) is 11.6. The van der Waals surface area contributed by atoms with E-state index in [4.69, 9.17) is 4.98 Å². The minimum atomic E-state index is 0. The van der Waals surface area contributed by atoms with Crippen LogP contribution in [0.1, 0.15) is 40.5 Å². The molecule has 34 heavy (non-hydrogen) atoms. The van der Waals surface area contributed by atoms with Gasteiger partial charge in [-0.15, -0.1) is 35.1 Å². The number of hydrogen-bond donors (Lipinski definition) is 1. The van der Waals surface area contributed by atoms with Crippen molar-refractivity contribution in [2.45, 2.75) is 46.6 Å². The number of carbonyl (C=O) groups is 1. The van der Waals surface area contributed by atoms with Crippen molar-refractivity contribution in [3.63, 3.8) is 0 Å². The van der Waals surface area contributed by atoms with Crippen LogP contribution in [0.15, 0.2) is 42.5 Å². The number of benzene rings is 2. The van der Waals surface area contributed by atoms with E-state index in [2.05, 4.69) is 67.4 Å². The molecule has 0 atom stereocenters. The number of para-hydroxylation sites is 1. The van der Waals surface area contributed by atoms with E-state index in [1.165, 1.54) is 20.7 Å². The van der Waals surface area contributed by atoms with E-state index in [-0.39, 0.29) is 18.3 Å². The maximum Gasteiger partial charge on any atom is 0.229 e. The summed E-state index contributed by atoms with van der Waals surface area (Å²) in [5, 5.41) is 5.24. The number of rotatable bonds is 6. The second-order valence-corrected chi connectivity index (χ2v) is 11.0. The molecule has 3 heterocycles. The number of aromatic nitrogens is 1. The first kappa shape index (κ1) is 24.9. The Kier molecular flexibility index (Phi) is 7.73. The zero-order valence-corrected chi connectivity index (χ0v) is 22.3. The number of anilines is 1. The van der Waals surface area contributed by atoms with Gasteiger partial charge in [-0.25, -0.2) is 4.98 Å². The molecule has 4 nitrogen and oxygen atoms in total. The molecule has 0 radical (unpaired) electrons. The standard InChI is InChI=1S/C27H29N3OS2.ClH/c1-4-12-30-13-11-20-23(16-30)33-27(25(20)26-28-21-7-5-6-8-22(21)32-26)29-24(31)15-19-10-9-17(2)14-18(19)3;/h5-10,14H,4,11-13,15-16H2,1-3H3,(H,29,31);1H. The fourth-order valence-electron chi connectivity index (χ4n) is 4.64. The predicted octanol–water partition coefficient (Wildman–Crippen LogP) is 7.01. The second-order valence-electron chi connectivity index (χ2n) is 8.88. The van der Waals surface area contributed by atoms with Crippen LogP contribution in [0.2, 0.25) is 0 Å². The quantitative estimate of drug-likeness (QED) is 0.302. The lowest BCUT2D eigenvalue weighted by Gasteiger charge is -2.26. The average molecular weight is 512 g/mol. The molecule has 2 aromatic carbocycles. The van der Waals surface area contributed by atoms with Crippen molar-refractivity contribution in [1.82, 2.24) is 9.88 Å². The molecule has 0 saturated carbocycles. The Hall–Kier alpha value is -2.25. The number of thiophene rings is 1. The van der Waals surface area contributed by atoms with Crippen molar-refractivity contribution in [1.29, 1.82) is 0 Å². The molecule has 5 rings (SSSR count). The van der Waals surface area contributed by atoms with Crippen LogP contribution >= 0.6 is 35.1 Å². The number of halogens is 1. The summed E-state index contributed by atoms with van der Waals surface area (Å²) in [5.74, 6) is 0.0355. The Morgan fingerprint density at radius 2 is 1.97 bits per heavy atom. The van der Waals surface area contributed by atoms with Gasteiger partial charge in [0.05, 0.1) is 16.6 Å². The summed E-state index contributed by atoms with van der Waals surface area (Å²) in [4.78, 5) is 22.0.